The Hall–Kier alpha value is -2.92. The lowest BCUT2D eigenvalue weighted by Gasteiger charge is -2.38. The van der Waals surface area contributed by atoms with Crippen LogP contribution in [-0.4, -0.2) is 88.4 Å². The molecular weight excluding hydrogens is 459 g/mol. The van der Waals surface area contributed by atoms with E-state index in [2.05, 4.69) is 27.3 Å². The van der Waals surface area contributed by atoms with Gasteiger partial charge in [0.15, 0.2) is 0 Å². The number of likely N-dealkylation sites (tertiary alicyclic amines) is 1. The van der Waals surface area contributed by atoms with Gasteiger partial charge in [0, 0.05) is 45.0 Å². The summed E-state index contributed by atoms with van der Waals surface area (Å²) in [6.07, 6.45) is 2.61. The molecule has 1 atom stereocenters. The number of anilines is 1. The number of nitrogens with zero attached hydrogens (tertiary/aromatic N) is 5. The van der Waals surface area contributed by atoms with E-state index < -0.39 is 11.7 Å². The SMILES string of the molecule is CCCN1CCN(C(=O)[C@H]2CCCN(C(=O)c3nnc(C(=O)Nc4ccc(F)cc4)s3)C2)CC1. The summed E-state index contributed by atoms with van der Waals surface area (Å²) in [4.78, 5) is 44.5. The fraction of sp³-hybridized carbons (Fsp3) is 0.522. The number of piperidine rings is 1. The highest BCUT2D eigenvalue weighted by Crippen LogP contribution is 2.23. The Kier molecular flexibility index (Phi) is 7.84. The molecule has 2 aliphatic heterocycles. The molecule has 11 heteroatoms. The van der Waals surface area contributed by atoms with Crippen LogP contribution in [0.2, 0.25) is 0 Å². The van der Waals surface area contributed by atoms with Gasteiger partial charge in [0.05, 0.1) is 5.92 Å². The van der Waals surface area contributed by atoms with E-state index >= 15 is 0 Å². The number of benzene rings is 1. The summed E-state index contributed by atoms with van der Waals surface area (Å²) in [5.41, 5.74) is 0.419. The monoisotopic (exact) mass is 488 g/mol. The van der Waals surface area contributed by atoms with Crippen LogP contribution in [0.25, 0.3) is 0 Å². The van der Waals surface area contributed by atoms with Gasteiger partial charge in [0.2, 0.25) is 15.9 Å². The summed E-state index contributed by atoms with van der Waals surface area (Å²) in [7, 11) is 0. The topological polar surface area (TPSA) is 98.7 Å². The number of hydrogen-bond acceptors (Lipinski definition) is 7. The van der Waals surface area contributed by atoms with Crippen LogP contribution in [0.4, 0.5) is 10.1 Å². The molecule has 34 heavy (non-hydrogen) atoms. The van der Waals surface area contributed by atoms with Crippen molar-refractivity contribution < 1.29 is 18.8 Å². The maximum absolute atomic E-state index is 13.1. The molecule has 2 fully saturated rings. The standard InChI is InChI=1S/C23H29FN6O3S/c1-2-9-28-11-13-29(14-12-28)22(32)16-4-3-10-30(15-16)23(33)21-27-26-20(34-21)19(31)25-18-7-5-17(24)6-8-18/h5-8,16H,2-4,9-15H2,1H3,(H,25,31)/t16-/m0/s1. The maximum Gasteiger partial charge on any atom is 0.286 e. The van der Waals surface area contributed by atoms with Gasteiger partial charge >= 0.3 is 0 Å². The number of halogens is 1. The van der Waals surface area contributed by atoms with Crippen molar-refractivity contribution in [2.75, 3.05) is 51.1 Å². The lowest BCUT2D eigenvalue weighted by Crippen LogP contribution is -2.53. The molecule has 0 aliphatic carbocycles. The molecule has 0 spiro atoms. The summed E-state index contributed by atoms with van der Waals surface area (Å²) >= 11 is 0.907. The van der Waals surface area contributed by atoms with Gasteiger partial charge in [-0.15, -0.1) is 10.2 Å². The normalized spacial score (nSPS) is 19.2. The molecule has 4 rings (SSSR count). The minimum Gasteiger partial charge on any atom is -0.340 e. The summed E-state index contributed by atoms with van der Waals surface area (Å²) in [5, 5.41) is 10.5. The van der Waals surface area contributed by atoms with Crippen molar-refractivity contribution in [1.29, 1.82) is 0 Å². The van der Waals surface area contributed by atoms with Crippen LogP contribution in [0.3, 0.4) is 0 Å². The first-order valence-electron chi connectivity index (χ1n) is 11.7. The Balaban J connectivity index is 1.33. The van der Waals surface area contributed by atoms with Crippen molar-refractivity contribution in [3.63, 3.8) is 0 Å². The van der Waals surface area contributed by atoms with Gasteiger partial charge in [-0.05, 0) is 50.1 Å². The van der Waals surface area contributed by atoms with E-state index in [1.165, 1.54) is 24.3 Å². The molecule has 0 unspecified atom stereocenters. The molecular formula is C23H29FN6O3S. The molecule has 1 aromatic carbocycles. The molecule has 182 valence electrons. The van der Waals surface area contributed by atoms with Crippen molar-refractivity contribution in [3.05, 3.63) is 40.1 Å². The lowest BCUT2D eigenvalue weighted by molar-refractivity contribution is -0.138. The van der Waals surface area contributed by atoms with Gasteiger partial charge in [-0.25, -0.2) is 4.39 Å². The van der Waals surface area contributed by atoms with Crippen molar-refractivity contribution in [3.8, 4) is 0 Å². The van der Waals surface area contributed by atoms with Crippen LogP contribution < -0.4 is 5.32 Å². The van der Waals surface area contributed by atoms with Crippen LogP contribution >= 0.6 is 11.3 Å². The van der Waals surface area contributed by atoms with Crippen molar-refractivity contribution >= 4 is 34.7 Å². The maximum atomic E-state index is 13.1. The second kappa shape index (κ2) is 11.0. The molecule has 0 saturated carbocycles. The molecule has 9 nitrogen and oxygen atoms in total. The largest absolute Gasteiger partial charge is 0.340 e. The molecule has 1 N–H and O–H groups in total. The van der Waals surface area contributed by atoms with E-state index in [-0.39, 0.29) is 27.7 Å². The summed E-state index contributed by atoms with van der Waals surface area (Å²) in [6.45, 7) is 7.35. The van der Waals surface area contributed by atoms with E-state index in [9.17, 15) is 18.8 Å². The molecule has 2 aromatic rings. The van der Waals surface area contributed by atoms with Crippen molar-refractivity contribution in [2.24, 2.45) is 5.92 Å². The van der Waals surface area contributed by atoms with E-state index in [1.807, 2.05) is 4.90 Å². The highest BCUT2D eigenvalue weighted by Gasteiger charge is 2.34. The zero-order chi connectivity index (χ0) is 24.1. The number of carbonyl (C=O) groups is 3. The zero-order valence-electron chi connectivity index (χ0n) is 19.2. The Morgan fingerprint density at radius 2 is 1.74 bits per heavy atom. The van der Waals surface area contributed by atoms with Gasteiger partial charge < -0.3 is 15.1 Å². The number of rotatable bonds is 6. The van der Waals surface area contributed by atoms with Crippen LogP contribution in [0, 0.1) is 11.7 Å². The number of amides is 3. The Morgan fingerprint density at radius 1 is 1.03 bits per heavy atom. The fourth-order valence-corrected chi connectivity index (χ4v) is 5.09. The van der Waals surface area contributed by atoms with E-state index in [4.69, 9.17) is 0 Å². The number of hydrogen-bond donors (Lipinski definition) is 1. The van der Waals surface area contributed by atoms with Crippen LogP contribution in [-0.2, 0) is 4.79 Å². The fourth-order valence-electron chi connectivity index (χ4n) is 4.38. The number of carbonyl (C=O) groups excluding carboxylic acids is 3. The van der Waals surface area contributed by atoms with Crippen LogP contribution in [0.5, 0.6) is 0 Å². The van der Waals surface area contributed by atoms with Gasteiger partial charge in [-0.1, -0.05) is 18.3 Å². The van der Waals surface area contributed by atoms with Gasteiger partial charge in [0.1, 0.15) is 5.82 Å². The van der Waals surface area contributed by atoms with Gasteiger partial charge in [0.25, 0.3) is 11.8 Å². The Bertz CT molecular complexity index is 1020. The summed E-state index contributed by atoms with van der Waals surface area (Å²) < 4.78 is 13.0. The quantitative estimate of drug-likeness (QED) is 0.670. The van der Waals surface area contributed by atoms with Crippen LogP contribution in [0.15, 0.2) is 24.3 Å². The molecule has 3 heterocycles. The number of nitrogens with one attached hydrogen (secondary N) is 1. The predicted octanol–water partition coefficient (Wildman–Crippen LogP) is 2.34. The molecule has 0 bridgehead atoms. The Labute approximate surface area is 201 Å². The molecule has 0 radical (unpaired) electrons. The zero-order valence-corrected chi connectivity index (χ0v) is 20.0. The van der Waals surface area contributed by atoms with E-state index in [0.717, 1.165) is 63.3 Å². The second-order valence-corrected chi connectivity index (χ2v) is 9.61. The van der Waals surface area contributed by atoms with E-state index in [0.29, 0.717) is 18.8 Å². The molecule has 1 aromatic heterocycles. The molecule has 3 amide bonds. The third-order valence-electron chi connectivity index (χ3n) is 6.19. The molecule has 2 aliphatic rings. The minimum atomic E-state index is -0.517. The smallest absolute Gasteiger partial charge is 0.286 e. The van der Waals surface area contributed by atoms with Crippen LogP contribution in [0.1, 0.15) is 45.8 Å². The predicted molar refractivity (Wildman–Crippen MR) is 126 cm³/mol. The average Bonchev–Trinajstić information content (AvgIpc) is 3.36. The average molecular weight is 489 g/mol. The number of aromatic nitrogens is 2. The highest BCUT2D eigenvalue weighted by atomic mass is 32.1. The molecule has 2 saturated heterocycles. The van der Waals surface area contributed by atoms with Gasteiger partial charge in [-0.2, -0.15) is 0 Å². The highest BCUT2D eigenvalue weighted by molar-refractivity contribution is 7.15. The third kappa shape index (κ3) is 5.76. The lowest BCUT2D eigenvalue weighted by atomic mass is 9.96. The van der Waals surface area contributed by atoms with Gasteiger partial charge in [-0.3, -0.25) is 19.3 Å². The van der Waals surface area contributed by atoms with E-state index in [1.54, 1.807) is 4.90 Å². The minimum absolute atomic E-state index is 0.0438. The Morgan fingerprint density at radius 3 is 2.44 bits per heavy atom. The summed E-state index contributed by atoms with van der Waals surface area (Å²) in [6, 6.07) is 5.36. The summed E-state index contributed by atoms with van der Waals surface area (Å²) in [5.74, 6) is -1.34. The number of piperazine rings is 1. The first-order valence-corrected chi connectivity index (χ1v) is 12.5. The third-order valence-corrected chi connectivity index (χ3v) is 7.10. The van der Waals surface area contributed by atoms with Crippen molar-refractivity contribution in [2.45, 2.75) is 26.2 Å². The second-order valence-electron chi connectivity index (χ2n) is 8.63. The first kappa shape index (κ1) is 24.2. The first-order chi connectivity index (χ1) is 16.4. The van der Waals surface area contributed by atoms with Crippen molar-refractivity contribution in [1.82, 2.24) is 24.9 Å².